The zero-order valence-corrected chi connectivity index (χ0v) is 13.1. The molecule has 0 amide bonds. The Morgan fingerprint density at radius 3 is 2.73 bits per heavy atom. The van der Waals surface area contributed by atoms with Crippen LogP contribution in [0.15, 0.2) is 47.6 Å². The maximum atomic E-state index is 5.82. The highest BCUT2D eigenvalue weighted by Crippen LogP contribution is 2.41. The monoisotopic (exact) mass is 296 g/mol. The fourth-order valence-corrected chi connectivity index (χ4v) is 2.89. The first kappa shape index (κ1) is 14.5. The first-order valence-electron chi connectivity index (χ1n) is 7.41. The second-order valence-electron chi connectivity index (χ2n) is 5.11. The van der Waals surface area contributed by atoms with Crippen LogP contribution in [0.3, 0.4) is 0 Å². The van der Waals surface area contributed by atoms with E-state index in [0.717, 1.165) is 28.5 Å². The smallest absolute Gasteiger partial charge is 0.171 e. The van der Waals surface area contributed by atoms with E-state index in [1.807, 2.05) is 57.3 Å². The third kappa shape index (κ3) is 2.23. The Labute approximate surface area is 130 Å². The van der Waals surface area contributed by atoms with Gasteiger partial charge in [-0.3, -0.25) is 5.32 Å². The molecule has 22 heavy (non-hydrogen) atoms. The molecular weight excluding hydrogens is 276 g/mol. The number of nitrogens with zero attached hydrogens (tertiary/aromatic N) is 2. The summed E-state index contributed by atoms with van der Waals surface area (Å²) in [6, 6.07) is 11.9. The number of hydrogen-bond donors (Lipinski definition) is 2. The van der Waals surface area contributed by atoms with Gasteiger partial charge in [-0.05, 0) is 39.1 Å². The summed E-state index contributed by atoms with van der Waals surface area (Å²) < 4.78 is 5.82. The molecule has 1 aliphatic heterocycles. The van der Waals surface area contributed by atoms with E-state index in [1.54, 1.807) is 6.20 Å². The minimum atomic E-state index is -0.704. The van der Waals surface area contributed by atoms with E-state index in [1.165, 1.54) is 0 Å². The van der Waals surface area contributed by atoms with E-state index < -0.39 is 5.66 Å². The predicted octanol–water partition coefficient (Wildman–Crippen LogP) is 2.74. The number of fused-ring (bicyclic) bond motifs is 1. The van der Waals surface area contributed by atoms with Crippen LogP contribution in [-0.4, -0.2) is 24.5 Å². The van der Waals surface area contributed by atoms with E-state index >= 15 is 0 Å². The van der Waals surface area contributed by atoms with E-state index in [9.17, 15) is 0 Å². The molecule has 0 fully saturated rings. The Morgan fingerprint density at radius 1 is 1.18 bits per heavy atom. The summed E-state index contributed by atoms with van der Waals surface area (Å²) >= 11 is 0. The summed E-state index contributed by atoms with van der Waals surface area (Å²) in [7, 11) is 1.90. The van der Waals surface area contributed by atoms with Crippen LogP contribution in [0.2, 0.25) is 0 Å². The van der Waals surface area contributed by atoms with Crippen LogP contribution < -0.4 is 15.4 Å². The van der Waals surface area contributed by atoms with Crippen molar-refractivity contribution >= 4 is 11.7 Å². The molecule has 0 saturated heterocycles. The van der Waals surface area contributed by atoms with Crippen molar-refractivity contribution in [2.24, 2.45) is 4.99 Å². The molecule has 0 radical (unpaired) electrons. The summed E-state index contributed by atoms with van der Waals surface area (Å²) in [5.74, 6) is 2.45. The molecular formula is C17H20N4O. The van der Waals surface area contributed by atoms with E-state index in [2.05, 4.69) is 15.6 Å². The number of anilines is 1. The van der Waals surface area contributed by atoms with Gasteiger partial charge >= 0.3 is 0 Å². The molecule has 1 aromatic carbocycles. The molecule has 2 heterocycles. The first-order chi connectivity index (χ1) is 10.7. The van der Waals surface area contributed by atoms with Gasteiger partial charge in [-0.15, -0.1) is 0 Å². The van der Waals surface area contributed by atoms with Gasteiger partial charge in [0.2, 0.25) is 0 Å². The lowest BCUT2D eigenvalue weighted by atomic mass is 9.90. The lowest BCUT2D eigenvalue weighted by Crippen LogP contribution is -2.44. The van der Waals surface area contributed by atoms with Crippen LogP contribution in [0.4, 0.5) is 5.82 Å². The number of rotatable bonds is 4. The van der Waals surface area contributed by atoms with Crippen LogP contribution in [0.1, 0.15) is 25.0 Å². The summed E-state index contributed by atoms with van der Waals surface area (Å²) in [6.07, 6.45) is 1.78. The van der Waals surface area contributed by atoms with Crippen LogP contribution in [-0.2, 0) is 5.66 Å². The first-order valence-corrected chi connectivity index (χ1v) is 7.41. The molecule has 1 atom stereocenters. The predicted molar refractivity (Wildman–Crippen MR) is 88.4 cm³/mol. The minimum Gasteiger partial charge on any atom is -0.493 e. The van der Waals surface area contributed by atoms with Crippen molar-refractivity contribution in [2.75, 3.05) is 19.0 Å². The number of benzene rings is 1. The average Bonchev–Trinajstić information content (AvgIpc) is 2.55. The van der Waals surface area contributed by atoms with Crippen molar-refractivity contribution in [3.8, 4) is 5.75 Å². The summed E-state index contributed by atoms with van der Waals surface area (Å²) in [6.45, 7) is 4.53. The lowest BCUT2D eigenvalue weighted by Gasteiger charge is -2.36. The van der Waals surface area contributed by atoms with E-state index in [-0.39, 0.29) is 0 Å². The van der Waals surface area contributed by atoms with Crippen molar-refractivity contribution in [3.05, 3.63) is 53.7 Å². The van der Waals surface area contributed by atoms with Crippen molar-refractivity contribution in [1.29, 1.82) is 0 Å². The van der Waals surface area contributed by atoms with Gasteiger partial charge in [0.15, 0.2) is 5.66 Å². The van der Waals surface area contributed by atoms with Gasteiger partial charge in [-0.1, -0.05) is 18.2 Å². The Balaban J connectivity index is 2.26. The number of pyridine rings is 1. The summed E-state index contributed by atoms with van der Waals surface area (Å²) in [5.41, 5.74) is 1.26. The molecule has 0 bridgehead atoms. The zero-order valence-electron chi connectivity index (χ0n) is 13.1. The topological polar surface area (TPSA) is 58.5 Å². The molecule has 1 aliphatic rings. The number of amidine groups is 1. The van der Waals surface area contributed by atoms with Crippen LogP contribution >= 0.6 is 0 Å². The van der Waals surface area contributed by atoms with Crippen molar-refractivity contribution in [1.82, 2.24) is 10.3 Å². The van der Waals surface area contributed by atoms with Crippen LogP contribution in [0, 0.1) is 0 Å². The minimum absolute atomic E-state index is 0.609. The van der Waals surface area contributed by atoms with E-state index in [4.69, 9.17) is 9.73 Å². The normalized spacial score (nSPS) is 19.9. The highest BCUT2D eigenvalue weighted by Gasteiger charge is 2.40. The average molecular weight is 296 g/mol. The lowest BCUT2D eigenvalue weighted by molar-refractivity contribution is 0.323. The molecule has 0 spiro atoms. The number of nitrogens with one attached hydrogen (secondary N) is 2. The van der Waals surface area contributed by atoms with Gasteiger partial charge in [-0.25, -0.2) is 9.98 Å². The molecule has 3 rings (SSSR count). The SMILES string of the molecule is CCOc1ccccc1C1(NC)N=C(C)Nc2ncccc21. The number of ether oxygens (including phenoxy) is 1. The number of para-hydroxylation sites is 1. The Bertz CT molecular complexity index is 713. The summed E-state index contributed by atoms with van der Waals surface area (Å²) in [5, 5.41) is 6.60. The zero-order chi connectivity index (χ0) is 15.6. The second kappa shape index (κ2) is 5.77. The van der Waals surface area contributed by atoms with Gasteiger partial charge in [0.1, 0.15) is 17.4 Å². The van der Waals surface area contributed by atoms with Crippen molar-refractivity contribution < 1.29 is 4.74 Å². The summed E-state index contributed by atoms with van der Waals surface area (Å²) in [4.78, 5) is 9.30. The molecule has 1 unspecified atom stereocenters. The van der Waals surface area contributed by atoms with Crippen LogP contribution in [0.5, 0.6) is 5.75 Å². The van der Waals surface area contributed by atoms with Gasteiger partial charge in [0.05, 0.1) is 6.61 Å². The van der Waals surface area contributed by atoms with Gasteiger partial charge < -0.3 is 10.1 Å². The van der Waals surface area contributed by atoms with E-state index in [0.29, 0.717) is 6.61 Å². The maximum absolute atomic E-state index is 5.82. The van der Waals surface area contributed by atoms with Gasteiger partial charge in [0, 0.05) is 17.3 Å². The highest BCUT2D eigenvalue weighted by atomic mass is 16.5. The maximum Gasteiger partial charge on any atom is 0.171 e. The van der Waals surface area contributed by atoms with Crippen molar-refractivity contribution in [2.45, 2.75) is 19.5 Å². The van der Waals surface area contributed by atoms with Crippen molar-refractivity contribution in [3.63, 3.8) is 0 Å². The van der Waals surface area contributed by atoms with Gasteiger partial charge in [-0.2, -0.15) is 0 Å². The Morgan fingerprint density at radius 2 is 1.95 bits per heavy atom. The largest absolute Gasteiger partial charge is 0.493 e. The molecule has 5 nitrogen and oxygen atoms in total. The molecule has 2 N–H and O–H groups in total. The second-order valence-corrected chi connectivity index (χ2v) is 5.11. The third-order valence-corrected chi connectivity index (χ3v) is 3.77. The molecule has 1 aromatic heterocycles. The fraction of sp³-hybridized carbons (Fsp3) is 0.294. The standard InChI is InChI=1S/C17H20N4O/c1-4-22-15-10-6-5-8-13(15)17(18-3)14-9-7-11-19-16(14)20-12(2)21-17/h5-11,18H,4H2,1-3H3,(H,19,20,21). The molecule has 0 saturated carbocycles. The number of aliphatic imine (C=N–C) groups is 1. The molecule has 2 aromatic rings. The number of hydrogen-bond acceptors (Lipinski definition) is 5. The molecule has 114 valence electrons. The molecule has 0 aliphatic carbocycles. The quantitative estimate of drug-likeness (QED) is 0.911. The highest BCUT2D eigenvalue weighted by molar-refractivity contribution is 5.96. The van der Waals surface area contributed by atoms with Crippen LogP contribution in [0.25, 0.3) is 0 Å². The Hall–Kier alpha value is -2.40. The Kier molecular flexibility index (Phi) is 3.81. The van der Waals surface area contributed by atoms with Gasteiger partial charge in [0.25, 0.3) is 0 Å². The number of aromatic nitrogens is 1. The fourth-order valence-electron chi connectivity index (χ4n) is 2.89. The molecule has 5 heteroatoms. The third-order valence-electron chi connectivity index (χ3n) is 3.77.